The molecule has 0 bridgehead atoms. The first-order chi connectivity index (χ1) is 10.3. The third kappa shape index (κ3) is 3.91. The molecule has 122 valence electrons. The number of hydrogen-bond acceptors (Lipinski definition) is 4. The van der Waals surface area contributed by atoms with Crippen LogP contribution in [0.2, 0.25) is 0 Å². The number of nitrogens with zero attached hydrogens (tertiary/aromatic N) is 2. The van der Waals surface area contributed by atoms with Crippen molar-refractivity contribution < 1.29 is 13.2 Å². The van der Waals surface area contributed by atoms with E-state index in [0.29, 0.717) is 18.0 Å². The lowest BCUT2D eigenvalue weighted by Crippen LogP contribution is -2.16. The van der Waals surface area contributed by atoms with Gasteiger partial charge in [-0.15, -0.1) is 5.10 Å². The summed E-state index contributed by atoms with van der Waals surface area (Å²) >= 11 is 0. The number of nitrogens with one attached hydrogen (secondary N) is 1. The van der Waals surface area contributed by atoms with Gasteiger partial charge in [0.2, 0.25) is 15.9 Å². The molecule has 1 aromatic heterocycles. The Kier molecular flexibility index (Phi) is 4.95. The summed E-state index contributed by atoms with van der Waals surface area (Å²) in [6.45, 7) is 5.82. The largest absolute Gasteiger partial charge is 0.473 e. The maximum absolute atomic E-state index is 12.0. The lowest BCUT2D eigenvalue weighted by molar-refractivity contribution is 0.233. The summed E-state index contributed by atoms with van der Waals surface area (Å²) in [5.41, 5.74) is 1.43. The molecule has 0 amide bonds. The maximum Gasteiger partial charge on any atom is 0.241 e. The van der Waals surface area contributed by atoms with E-state index in [0.717, 1.165) is 17.3 Å². The van der Waals surface area contributed by atoms with E-state index >= 15 is 0 Å². The molecule has 0 atom stereocenters. The first-order valence-corrected chi connectivity index (χ1v) is 9.11. The number of aryl methyl sites for hydroxylation is 1. The molecule has 1 N–H and O–H groups in total. The van der Waals surface area contributed by atoms with E-state index in [9.17, 15) is 8.42 Å². The number of benzene rings is 1. The summed E-state index contributed by atoms with van der Waals surface area (Å²) in [5.74, 6) is 0.645. The number of aromatic nitrogens is 2. The van der Waals surface area contributed by atoms with Crippen LogP contribution in [0.5, 0.6) is 5.88 Å². The highest BCUT2D eigenvalue weighted by Crippen LogP contribution is 2.28. The van der Waals surface area contributed by atoms with Crippen molar-refractivity contribution in [1.82, 2.24) is 9.78 Å². The zero-order valence-corrected chi connectivity index (χ0v) is 14.3. The van der Waals surface area contributed by atoms with Crippen LogP contribution in [-0.4, -0.2) is 30.1 Å². The first-order valence-electron chi connectivity index (χ1n) is 7.46. The van der Waals surface area contributed by atoms with Gasteiger partial charge in [0.05, 0.1) is 22.8 Å². The van der Waals surface area contributed by atoms with Crippen molar-refractivity contribution >= 4 is 26.6 Å². The van der Waals surface area contributed by atoms with Gasteiger partial charge < -0.3 is 4.74 Å². The summed E-state index contributed by atoms with van der Waals surface area (Å²) in [7, 11) is -1.48. The van der Waals surface area contributed by atoms with Crippen molar-refractivity contribution in [3.05, 3.63) is 18.2 Å². The minimum atomic E-state index is -3.31. The quantitative estimate of drug-likeness (QED) is 0.849. The Balaban J connectivity index is 2.33. The molecule has 7 heteroatoms. The molecule has 22 heavy (non-hydrogen) atoms. The molecule has 0 unspecified atom stereocenters. The number of unbranched alkanes of at least 4 members (excludes halogenated alkanes) is 1. The summed E-state index contributed by atoms with van der Waals surface area (Å²) < 4.78 is 34.0. The third-order valence-electron chi connectivity index (χ3n) is 3.20. The number of sulfonamides is 1. The molecule has 1 aromatic carbocycles. The SMILES string of the molecule is CCCCS(=O)(=O)Nc1ccc2c(c1)c(OC(C)C)nn2C. The van der Waals surface area contributed by atoms with Gasteiger partial charge in [0.15, 0.2) is 0 Å². The van der Waals surface area contributed by atoms with E-state index < -0.39 is 10.0 Å². The minimum Gasteiger partial charge on any atom is -0.473 e. The van der Waals surface area contributed by atoms with E-state index in [1.807, 2.05) is 33.9 Å². The Bertz CT molecular complexity index is 751. The molecule has 0 fully saturated rings. The van der Waals surface area contributed by atoms with Gasteiger partial charge in [-0.2, -0.15) is 0 Å². The smallest absolute Gasteiger partial charge is 0.241 e. The van der Waals surface area contributed by atoms with Gasteiger partial charge in [0, 0.05) is 12.7 Å². The van der Waals surface area contributed by atoms with Crippen LogP contribution in [0.3, 0.4) is 0 Å². The molecule has 0 aliphatic heterocycles. The van der Waals surface area contributed by atoms with Crippen molar-refractivity contribution in [1.29, 1.82) is 0 Å². The summed E-state index contributed by atoms with van der Waals surface area (Å²) in [5, 5.41) is 5.13. The molecule has 0 radical (unpaired) electrons. The molecule has 0 saturated carbocycles. The molecule has 1 heterocycles. The lowest BCUT2D eigenvalue weighted by atomic mass is 10.2. The minimum absolute atomic E-state index is 0.00278. The van der Waals surface area contributed by atoms with Gasteiger partial charge in [-0.25, -0.2) is 8.42 Å². The van der Waals surface area contributed by atoms with E-state index in [2.05, 4.69) is 9.82 Å². The van der Waals surface area contributed by atoms with Crippen LogP contribution in [-0.2, 0) is 17.1 Å². The molecule has 2 rings (SSSR count). The monoisotopic (exact) mass is 325 g/mol. The molecule has 0 spiro atoms. The van der Waals surface area contributed by atoms with Crippen molar-refractivity contribution in [2.24, 2.45) is 7.05 Å². The normalized spacial score (nSPS) is 12.0. The molecule has 2 aromatic rings. The Morgan fingerprint density at radius 1 is 1.36 bits per heavy atom. The molecular weight excluding hydrogens is 302 g/mol. The van der Waals surface area contributed by atoms with Crippen LogP contribution in [0.15, 0.2) is 18.2 Å². The van der Waals surface area contributed by atoms with E-state index in [-0.39, 0.29) is 11.9 Å². The maximum atomic E-state index is 12.0. The fraction of sp³-hybridized carbons (Fsp3) is 0.533. The van der Waals surface area contributed by atoms with Crippen LogP contribution < -0.4 is 9.46 Å². The topological polar surface area (TPSA) is 73.2 Å². The predicted molar refractivity (Wildman–Crippen MR) is 88.8 cm³/mol. The number of rotatable bonds is 7. The van der Waals surface area contributed by atoms with E-state index in [1.54, 1.807) is 16.8 Å². The van der Waals surface area contributed by atoms with Crippen LogP contribution >= 0.6 is 0 Å². The Labute approximate surface area is 131 Å². The van der Waals surface area contributed by atoms with Gasteiger partial charge in [-0.3, -0.25) is 9.40 Å². The number of anilines is 1. The highest BCUT2D eigenvalue weighted by molar-refractivity contribution is 7.92. The molecule has 0 aliphatic rings. The Morgan fingerprint density at radius 2 is 2.09 bits per heavy atom. The molecule has 0 aliphatic carbocycles. The zero-order valence-electron chi connectivity index (χ0n) is 13.5. The number of fused-ring (bicyclic) bond motifs is 1. The van der Waals surface area contributed by atoms with Crippen LogP contribution in [0.25, 0.3) is 10.9 Å². The van der Waals surface area contributed by atoms with Gasteiger partial charge in [-0.1, -0.05) is 13.3 Å². The lowest BCUT2D eigenvalue weighted by Gasteiger charge is -2.09. The summed E-state index contributed by atoms with van der Waals surface area (Å²) in [6, 6.07) is 5.35. The third-order valence-corrected chi connectivity index (χ3v) is 4.58. The molecule has 0 saturated heterocycles. The average Bonchev–Trinajstić information content (AvgIpc) is 2.72. The second-order valence-corrected chi connectivity index (χ2v) is 7.44. The summed E-state index contributed by atoms with van der Waals surface area (Å²) in [6.07, 6.45) is 1.49. The van der Waals surface area contributed by atoms with Gasteiger partial charge in [0.25, 0.3) is 0 Å². The first kappa shape index (κ1) is 16.6. The predicted octanol–water partition coefficient (Wildman–Crippen LogP) is 2.90. The fourth-order valence-corrected chi connectivity index (χ4v) is 3.43. The average molecular weight is 325 g/mol. The van der Waals surface area contributed by atoms with Crippen molar-refractivity contribution in [2.75, 3.05) is 10.5 Å². The highest BCUT2D eigenvalue weighted by atomic mass is 32.2. The standard InChI is InChI=1S/C15H23N3O3S/c1-5-6-9-22(19,20)17-12-7-8-14-13(10-12)15(16-18(14)4)21-11(2)3/h7-8,10-11,17H,5-6,9H2,1-4H3. The number of ether oxygens (including phenoxy) is 1. The second kappa shape index (κ2) is 6.56. The molecule has 6 nitrogen and oxygen atoms in total. The van der Waals surface area contributed by atoms with Crippen LogP contribution in [0.4, 0.5) is 5.69 Å². The highest BCUT2D eigenvalue weighted by Gasteiger charge is 2.14. The second-order valence-electron chi connectivity index (χ2n) is 5.60. The Morgan fingerprint density at radius 3 is 2.73 bits per heavy atom. The van der Waals surface area contributed by atoms with Crippen molar-refractivity contribution in [3.63, 3.8) is 0 Å². The van der Waals surface area contributed by atoms with Crippen molar-refractivity contribution in [3.8, 4) is 5.88 Å². The van der Waals surface area contributed by atoms with E-state index in [4.69, 9.17) is 4.74 Å². The number of hydrogen-bond donors (Lipinski definition) is 1. The van der Waals surface area contributed by atoms with Gasteiger partial charge in [-0.05, 0) is 38.5 Å². The zero-order chi connectivity index (χ0) is 16.3. The van der Waals surface area contributed by atoms with Crippen LogP contribution in [0.1, 0.15) is 33.6 Å². The Hall–Kier alpha value is -1.76. The van der Waals surface area contributed by atoms with Crippen LogP contribution in [0, 0.1) is 0 Å². The summed E-state index contributed by atoms with van der Waals surface area (Å²) in [4.78, 5) is 0. The van der Waals surface area contributed by atoms with Gasteiger partial charge in [0.1, 0.15) is 0 Å². The van der Waals surface area contributed by atoms with E-state index in [1.165, 1.54) is 0 Å². The fourth-order valence-electron chi connectivity index (χ4n) is 2.17. The van der Waals surface area contributed by atoms with Crippen molar-refractivity contribution in [2.45, 2.75) is 39.7 Å². The molecular formula is C15H23N3O3S. The van der Waals surface area contributed by atoms with Gasteiger partial charge >= 0.3 is 0 Å².